The summed E-state index contributed by atoms with van der Waals surface area (Å²) in [5.41, 5.74) is 1.64. The minimum atomic E-state index is -0.864. The number of benzene rings is 1. The summed E-state index contributed by atoms with van der Waals surface area (Å²) in [7, 11) is 0. The molecule has 0 amide bonds. The number of rotatable bonds is 4. The first-order valence-electron chi connectivity index (χ1n) is 5.57. The van der Waals surface area contributed by atoms with Crippen molar-refractivity contribution < 1.29 is 10.2 Å². The summed E-state index contributed by atoms with van der Waals surface area (Å²) in [4.78, 5) is 3.98. The van der Waals surface area contributed by atoms with Gasteiger partial charge in [-0.05, 0) is 17.2 Å². The number of hydrogen-bond acceptors (Lipinski definition) is 3. The van der Waals surface area contributed by atoms with Crippen LogP contribution in [-0.2, 0) is 6.42 Å². The van der Waals surface area contributed by atoms with E-state index in [9.17, 15) is 10.2 Å². The molecule has 3 nitrogen and oxygen atoms in total. The Hall–Kier alpha value is -1.71. The Bertz CT molecular complexity index is 444. The second-order valence-corrected chi connectivity index (χ2v) is 3.99. The fourth-order valence-corrected chi connectivity index (χ4v) is 1.74. The van der Waals surface area contributed by atoms with Gasteiger partial charge in [0.2, 0.25) is 0 Å². The number of aliphatic hydroxyl groups is 2. The van der Waals surface area contributed by atoms with E-state index in [-0.39, 0.29) is 0 Å². The Kier molecular flexibility index (Phi) is 3.85. The van der Waals surface area contributed by atoms with Crippen LogP contribution in [-0.4, -0.2) is 21.3 Å². The lowest BCUT2D eigenvalue weighted by molar-refractivity contribution is 0.0189. The van der Waals surface area contributed by atoms with Gasteiger partial charge in [-0.2, -0.15) is 0 Å². The first-order valence-corrected chi connectivity index (χ1v) is 5.57. The molecule has 2 aromatic rings. The van der Waals surface area contributed by atoms with Gasteiger partial charge in [-0.25, -0.2) is 0 Å². The highest BCUT2D eigenvalue weighted by molar-refractivity contribution is 5.19. The second kappa shape index (κ2) is 5.57. The molecule has 17 heavy (non-hydrogen) atoms. The lowest BCUT2D eigenvalue weighted by atomic mass is 9.99. The number of hydrogen-bond donors (Lipinski definition) is 2. The normalized spacial score (nSPS) is 14.2. The van der Waals surface area contributed by atoms with Crippen molar-refractivity contribution >= 4 is 0 Å². The highest BCUT2D eigenvalue weighted by Crippen LogP contribution is 2.19. The summed E-state index contributed by atoms with van der Waals surface area (Å²) in [5.74, 6) is 0. The molecule has 1 aromatic carbocycles. The summed E-state index contributed by atoms with van der Waals surface area (Å²) in [6.07, 6.45) is 2.09. The lowest BCUT2D eigenvalue weighted by Crippen LogP contribution is -2.20. The maximum absolute atomic E-state index is 9.98. The Balaban J connectivity index is 2.03. The van der Waals surface area contributed by atoms with E-state index in [4.69, 9.17) is 0 Å². The van der Waals surface area contributed by atoms with Crippen molar-refractivity contribution in [1.82, 2.24) is 4.98 Å². The van der Waals surface area contributed by atoms with Crippen molar-refractivity contribution in [3.8, 4) is 0 Å². The van der Waals surface area contributed by atoms with Gasteiger partial charge in [-0.1, -0.05) is 36.4 Å². The second-order valence-electron chi connectivity index (χ2n) is 3.99. The van der Waals surface area contributed by atoms with Crippen molar-refractivity contribution in [1.29, 1.82) is 0 Å². The predicted molar refractivity (Wildman–Crippen MR) is 65.3 cm³/mol. The number of aliphatic hydroxyl groups excluding tert-OH is 2. The van der Waals surface area contributed by atoms with Crippen molar-refractivity contribution in [2.45, 2.75) is 18.6 Å². The quantitative estimate of drug-likeness (QED) is 0.839. The summed E-state index contributed by atoms with van der Waals surface area (Å²) < 4.78 is 0. The molecule has 0 fully saturated rings. The Morgan fingerprint density at radius 3 is 2.41 bits per heavy atom. The zero-order valence-electron chi connectivity index (χ0n) is 9.40. The first-order chi connectivity index (χ1) is 8.27. The van der Waals surface area contributed by atoms with E-state index in [0.29, 0.717) is 6.42 Å². The summed E-state index contributed by atoms with van der Waals surface area (Å²) in [5, 5.41) is 19.9. The fraction of sp³-hybridized carbons (Fsp3) is 0.214. The summed E-state index contributed by atoms with van der Waals surface area (Å²) in [6, 6.07) is 12.9. The van der Waals surface area contributed by atoms with Crippen LogP contribution in [0.4, 0.5) is 0 Å². The van der Waals surface area contributed by atoms with Crippen LogP contribution in [0.2, 0.25) is 0 Å². The van der Waals surface area contributed by atoms with Crippen LogP contribution in [0, 0.1) is 0 Å². The molecule has 2 N–H and O–H groups in total. The van der Waals surface area contributed by atoms with E-state index < -0.39 is 12.2 Å². The van der Waals surface area contributed by atoms with E-state index in [0.717, 1.165) is 11.1 Å². The molecule has 0 bridgehead atoms. The van der Waals surface area contributed by atoms with Crippen molar-refractivity contribution in [2.75, 3.05) is 0 Å². The highest BCUT2D eigenvalue weighted by atomic mass is 16.3. The number of aromatic nitrogens is 1. The molecule has 2 unspecified atom stereocenters. The number of nitrogens with zero attached hydrogens (tertiary/aromatic N) is 1. The van der Waals surface area contributed by atoms with Crippen LogP contribution in [0.25, 0.3) is 0 Å². The first kappa shape index (κ1) is 11.8. The van der Waals surface area contributed by atoms with Crippen LogP contribution in [0.5, 0.6) is 0 Å². The molecule has 2 rings (SSSR count). The molecule has 0 aliphatic heterocycles. The van der Waals surface area contributed by atoms with Gasteiger partial charge in [-0.15, -0.1) is 0 Å². The summed E-state index contributed by atoms with van der Waals surface area (Å²) in [6.45, 7) is 0. The molecule has 0 aliphatic carbocycles. The van der Waals surface area contributed by atoms with E-state index in [1.54, 1.807) is 24.5 Å². The SMILES string of the molecule is OC(Cc1cccnc1)C(O)c1ccccc1. The third-order valence-corrected chi connectivity index (χ3v) is 2.67. The monoisotopic (exact) mass is 229 g/mol. The van der Waals surface area contributed by atoms with E-state index in [1.807, 2.05) is 30.3 Å². The van der Waals surface area contributed by atoms with Gasteiger partial charge in [-0.3, -0.25) is 4.98 Å². The topological polar surface area (TPSA) is 53.4 Å². The van der Waals surface area contributed by atoms with Crippen LogP contribution < -0.4 is 0 Å². The van der Waals surface area contributed by atoms with Crippen LogP contribution in [0.15, 0.2) is 54.9 Å². The van der Waals surface area contributed by atoms with Gasteiger partial charge in [0.15, 0.2) is 0 Å². The Labute approximate surface area is 100 Å². The molecule has 1 aromatic heterocycles. The molecular weight excluding hydrogens is 214 g/mol. The Morgan fingerprint density at radius 2 is 1.76 bits per heavy atom. The van der Waals surface area contributed by atoms with Gasteiger partial charge in [0.25, 0.3) is 0 Å². The van der Waals surface area contributed by atoms with E-state index in [2.05, 4.69) is 4.98 Å². The molecule has 2 atom stereocenters. The molecular formula is C14H15NO2. The van der Waals surface area contributed by atoms with Crippen molar-refractivity contribution in [3.05, 3.63) is 66.0 Å². The Morgan fingerprint density at radius 1 is 1.00 bits per heavy atom. The lowest BCUT2D eigenvalue weighted by Gasteiger charge is -2.17. The minimum Gasteiger partial charge on any atom is -0.390 e. The van der Waals surface area contributed by atoms with Crippen LogP contribution in [0.3, 0.4) is 0 Å². The molecule has 0 spiro atoms. The van der Waals surface area contributed by atoms with Gasteiger partial charge >= 0.3 is 0 Å². The fourth-order valence-electron chi connectivity index (χ4n) is 1.74. The predicted octanol–water partition coefficient (Wildman–Crippen LogP) is 1.72. The third-order valence-electron chi connectivity index (χ3n) is 2.67. The van der Waals surface area contributed by atoms with Gasteiger partial charge < -0.3 is 10.2 Å². The molecule has 3 heteroatoms. The van der Waals surface area contributed by atoms with Gasteiger partial charge in [0.1, 0.15) is 6.10 Å². The number of pyridine rings is 1. The minimum absolute atomic E-state index is 0.393. The van der Waals surface area contributed by atoms with Crippen molar-refractivity contribution in [3.63, 3.8) is 0 Å². The standard InChI is InChI=1S/C14H15NO2/c16-13(9-11-5-4-8-15-10-11)14(17)12-6-2-1-3-7-12/h1-8,10,13-14,16-17H,9H2. The van der Waals surface area contributed by atoms with E-state index in [1.165, 1.54) is 0 Å². The van der Waals surface area contributed by atoms with Gasteiger partial charge in [0.05, 0.1) is 6.10 Å². The molecule has 1 heterocycles. The molecule has 0 saturated heterocycles. The maximum atomic E-state index is 9.98. The summed E-state index contributed by atoms with van der Waals surface area (Å²) >= 11 is 0. The zero-order valence-corrected chi connectivity index (χ0v) is 9.40. The molecule has 0 saturated carbocycles. The van der Waals surface area contributed by atoms with E-state index >= 15 is 0 Å². The van der Waals surface area contributed by atoms with Gasteiger partial charge in [0, 0.05) is 18.8 Å². The average Bonchev–Trinajstić information content (AvgIpc) is 2.40. The zero-order chi connectivity index (χ0) is 12.1. The highest BCUT2D eigenvalue weighted by Gasteiger charge is 2.18. The molecule has 0 radical (unpaired) electrons. The van der Waals surface area contributed by atoms with Crippen LogP contribution >= 0.6 is 0 Å². The van der Waals surface area contributed by atoms with Crippen molar-refractivity contribution in [2.24, 2.45) is 0 Å². The smallest absolute Gasteiger partial charge is 0.105 e. The van der Waals surface area contributed by atoms with Crippen LogP contribution in [0.1, 0.15) is 17.2 Å². The maximum Gasteiger partial charge on any atom is 0.105 e. The molecule has 0 aliphatic rings. The average molecular weight is 229 g/mol. The largest absolute Gasteiger partial charge is 0.390 e. The molecule has 88 valence electrons. The third kappa shape index (κ3) is 3.12.